The summed E-state index contributed by atoms with van der Waals surface area (Å²) in [7, 11) is 3.04. The largest absolute Gasteiger partial charge is 0.497 e. The molecule has 2 aromatic carbocycles. The van der Waals surface area contributed by atoms with Crippen molar-refractivity contribution in [2.24, 2.45) is 5.92 Å². The molecule has 34 heavy (non-hydrogen) atoms. The third-order valence-corrected chi connectivity index (χ3v) is 5.79. The van der Waals surface area contributed by atoms with Crippen LogP contribution in [0.2, 0.25) is 0 Å². The number of hydrogen-bond donors (Lipinski definition) is 2. The summed E-state index contributed by atoms with van der Waals surface area (Å²) in [4.78, 5) is 48.3. The minimum absolute atomic E-state index is 0.0944. The molecule has 1 fully saturated rings. The van der Waals surface area contributed by atoms with E-state index in [1.54, 1.807) is 37.4 Å². The molecule has 2 unspecified atom stereocenters. The van der Waals surface area contributed by atoms with Crippen LogP contribution in [0, 0.1) is 17.2 Å². The van der Waals surface area contributed by atoms with Gasteiger partial charge in [0.1, 0.15) is 11.8 Å². The lowest BCUT2D eigenvalue weighted by Gasteiger charge is -2.23. The number of para-hydroxylation sites is 1. The molecular formula is C24H24N6O4. The number of imidazole rings is 1. The number of nitrogens with one attached hydrogen (secondary N) is 2. The lowest BCUT2D eigenvalue weighted by molar-refractivity contribution is -0.131. The van der Waals surface area contributed by atoms with Gasteiger partial charge < -0.3 is 24.8 Å². The monoisotopic (exact) mass is 460 g/mol. The van der Waals surface area contributed by atoms with E-state index in [1.807, 2.05) is 18.2 Å². The molecular weight excluding hydrogens is 436 g/mol. The smallest absolute Gasteiger partial charge is 0.289 e. The van der Waals surface area contributed by atoms with Gasteiger partial charge in [-0.15, -0.1) is 0 Å². The zero-order valence-corrected chi connectivity index (χ0v) is 18.8. The molecule has 3 aromatic rings. The van der Waals surface area contributed by atoms with E-state index < -0.39 is 23.8 Å². The standard InChI is InChI=1S/C24H24N6O4/c1-29(24(33)22-27-19-9-8-18(34-2)11-20(19)28-22)14-21(31)30-13-15(10-17(30)12-25)23(32)26-16-6-4-3-5-7-16/h3-9,11,15,17H,10,13-14H2,1-2H3,(H,26,32)(H,27,28). The van der Waals surface area contributed by atoms with Gasteiger partial charge in [0.2, 0.25) is 11.8 Å². The van der Waals surface area contributed by atoms with Crippen molar-refractivity contribution in [1.82, 2.24) is 19.8 Å². The number of methoxy groups -OCH3 is 1. The molecule has 1 aliphatic heterocycles. The number of aromatic nitrogens is 2. The molecule has 2 atom stereocenters. The van der Waals surface area contributed by atoms with E-state index in [2.05, 4.69) is 21.4 Å². The number of likely N-dealkylation sites (tertiary alicyclic amines) is 1. The number of carbonyl (C=O) groups excluding carboxylic acids is 3. The average molecular weight is 460 g/mol. The third-order valence-electron chi connectivity index (χ3n) is 5.79. The number of fused-ring (bicyclic) bond motifs is 1. The second-order valence-corrected chi connectivity index (χ2v) is 8.11. The number of nitriles is 1. The number of carbonyl (C=O) groups is 3. The Hall–Kier alpha value is -4.39. The van der Waals surface area contributed by atoms with E-state index >= 15 is 0 Å². The van der Waals surface area contributed by atoms with Gasteiger partial charge in [-0.25, -0.2) is 4.98 Å². The van der Waals surface area contributed by atoms with Crippen LogP contribution >= 0.6 is 0 Å². The number of amides is 3. The Morgan fingerprint density at radius 1 is 1.26 bits per heavy atom. The number of ether oxygens (including phenoxy) is 1. The van der Waals surface area contributed by atoms with E-state index in [4.69, 9.17) is 4.74 Å². The van der Waals surface area contributed by atoms with Crippen molar-refractivity contribution < 1.29 is 19.1 Å². The van der Waals surface area contributed by atoms with E-state index in [0.29, 0.717) is 22.5 Å². The van der Waals surface area contributed by atoms with Crippen molar-refractivity contribution in [1.29, 1.82) is 5.26 Å². The van der Waals surface area contributed by atoms with Crippen LogP contribution in [0.4, 0.5) is 5.69 Å². The maximum atomic E-state index is 12.9. The average Bonchev–Trinajstić information content (AvgIpc) is 3.48. The highest BCUT2D eigenvalue weighted by molar-refractivity contribution is 5.97. The molecule has 2 N–H and O–H groups in total. The first kappa shape index (κ1) is 22.8. The summed E-state index contributed by atoms with van der Waals surface area (Å²) in [6.45, 7) is -0.132. The predicted molar refractivity (Wildman–Crippen MR) is 124 cm³/mol. The number of aromatic amines is 1. The van der Waals surface area contributed by atoms with Gasteiger partial charge in [0, 0.05) is 25.3 Å². The fourth-order valence-electron chi connectivity index (χ4n) is 3.95. The zero-order valence-electron chi connectivity index (χ0n) is 18.8. The van der Waals surface area contributed by atoms with Gasteiger partial charge in [-0.1, -0.05) is 18.2 Å². The Balaban J connectivity index is 1.40. The van der Waals surface area contributed by atoms with Crippen LogP contribution in [-0.4, -0.2) is 70.8 Å². The van der Waals surface area contributed by atoms with Crippen LogP contribution < -0.4 is 10.1 Å². The molecule has 3 amide bonds. The summed E-state index contributed by atoms with van der Waals surface area (Å²) in [5.74, 6) is -0.910. The van der Waals surface area contributed by atoms with Crippen molar-refractivity contribution in [3.05, 3.63) is 54.4 Å². The molecule has 4 rings (SSSR count). The first-order valence-corrected chi connectivity index (χ1v) is 10.7. The van der Waals surface area contributed by atoms with E-state index in [-0.39, 0.29) is 31.2 Å². The molecule has 0 spiro atoms. The Morgan fingerprint density at radius 3 is 2.74 bits per heavy atom. The third kappa shape index (κ3) is 4.68. The SMILES string of the molecule is COc1ccc2nc(C(=O)N(C)CC(=O)N3CC(C(=O)Nc4ccccc4)CC3C#N)[nH]c2c1. The minimum Gasteiger partial charge on any atom is -0.497 e. The highest BCUT2D eigenvalue weighted by Crippen LogP contribution is 2.25. The quantitative estimate of drug-likeness (QED) is 0.579. The summed E-state index contributed by atoms with van der Waals surface area (Å²) in [6.07, 6.45) is 0.240. The summed E-state index contributed by atoms with van der Waals surface area (Å²) in [5.41, 5.74) is 1.89. The topological polar surface area (TPSA) is 131 Å². The molecule has 1 aliphatic rings. The number of rotatable bonds is 6. The molecule has 174 valence electrons. The number of H-pyrrole nitrogens is 1. The van der Waals surface area contributed by atoms with Crippen molar-refractivity contribution in [3.8, 4) is 11.8 Å². The Bertz CT molecular complexity index is 1270. The second-order valence-electron chi connectivity index (χ2n) is 8.11. The number of likely N-dealkylation sites (N-methyl/N-ethyl adjacent to an activating group) is 1. The Morgan fingerprint density at radius 2 is 2.03 bits per heavy atom. The molecule has 0 saturated carbocycles. The summed E-state index contributed by atoms with van der Waals surface area (Å²) >= 11 is 0. The number of hydrogen-bond acceptors (Lipinski definition) is 6. The van der Waals surface area contributed by atoms with Gasteiger partial charge in [-0.3, -0.25) is 14.4 Å². The molecule has 10 heteroatoms. The van der Waals surface area contributed by atoms with E-state index in [9.17, 15) is 19.6 Å². The van der Waals surface area contributed by atoms with Gasteiger partial charge in [0.25, 0.3) is 5.91 Å². The van der Waals surface area contributed by atoms with Gasteiger partial charge in [-0.05, 0) is 30.7 Å². The van der Waals surface area contributed by atoms with Gasteiger partial charge in [-0.2, -0.15) is 5.26 Å². The van der Waals surface area contributed by atoms with Crippen LogP contribution in [-0.2, 0) is 9.59 Å². The number of nitrogens with zero attached hydrogens (tertiary/aromatic N) is 4. The van der Waals surface area contributed by atoms with Gasteiger partial charge in [0.05, 0.1) is 36.7 Å². The van der Waals surface area contributed by atoms with Crippen molar-refractivity contribution in [2.45, 2.75) is 12.5 Å². The second kappa shape index (κ2) is 9.62. The highest BCUT2D eigenvalue weighted by atomic mass is 16.5. The van der Waals surface area contributed by atoms with E-state index in [0.717, 1.165) is 0 Å². The molecule has 10 nitrogen and oxygen atoms in total. The normalized spacial score (nSPS) is 17.3. The van der Waals surface area contributed by atoms with Crippen LogP contribution in [0.5, 0.6) is 5.75 Å². The zero-order chi connectivity index (χ0) is 24.2. The van der Waals surface area contributed by atoms with E-state index in [1.165, 1.54) is 16.8 Å². The Labute approximate surface area is 196 Å². The maximum Gasteiger partial charge on any atom is 0.289 e. The maximum absolute atomic E-state index is 12.9. The first-order chi connectivity index (χ1) is 16.4. The van der Waals surface area contributed by atoms with Crippen LogP contribution in [0.25, 0.3) is 11.0 Å². The molecule has 2 heterocycles. The van der Waals surface area contributed by atoms with Crippen LogP contribution in [0.15, 0.2) is 48.5 Å². The lowest BCUT2D eigenvalue weighted by Crippen LogP contribution is -2.43. The highest BCUT2D eigenvalue weighted by Gasteiger charge is 2.39. The summed E-state index contributed by atoms with van der Waals surface area (Å²) in [6, 6.07) is 15.6. The van der Waals surface area contributed by atoms with Gasteiger partial charge >= 0.3 is 0 Å². The summed E-state index contributed by atoms with van der Waals surface area (Å²) < 4.78 is 5.18. The Kier molecular flexibility index (Phi) is 6.45. The molecule has 1 saturated heterocycles. The van der Waals surface area contributed by atoms with Crippen LogP contribution in [0.3, 0.4) is 0 Å². The minimum atomic E-state index is -0.735. The lowest BCUT2D eigenvalue weighted by atomic mass is 10.1. The number of benzene rings is 2. The van der Waals surface area contributed by atoms with Crippen molar-refractivity contribution in [2.75, 3.05) is 32.6 Å². The summed E-state index contributed by atoms with van der Waals surface area (Å²) in [5, 5.41) is 12.4. The molecule has 0 radical (unpaired) electrons. The fraction of sp³-hybridized carbons (Fsp3) is 0.292. The molecule has 1 aromatic heterocycles. The fourth-order valence-corrected chi connectivity index (χ4v) is 3.95. The van der Waals surface area contributed by atoms with Crippen LogP contribution in [0.1, 0.15) is 17.0 Å². The molecule has 0 aliphatic carbocycles. The van der Waals surface area contributed by atoms with Crippen molar-refractivity contribution in [3.63, 3.8) is 0 Å². The van der Waals surface area contributed by atoms with Crippen molar-refractivity contribution >= 4 is 34.4 Å². The predicted octanol–water partition coefficient (Wildman–Crippen LogP) is 2.02. The first-order valence-electron chi connectivity index (χ1n) is 10.7. The molecule has 0 bridgehead atoms. The van der Waals surface area contributed by atoms with Gasteiger partial charge in [0.15, 0.2) is 5.82 Å². The number of anilines is 1.